The van der Waals surface area contributed by atoms with Crippen molar-refractivity contribution >= 4 is 27.6 Å². The van der Waals surface area contributed by atoms with Crippen molar-refractivity contribution in [3.63, 3.8) is 0 Å². The van der Waals surface area contributed by atoms with Crippen molar-refractivity contribution in [3.05, 3.63) is 64.2 Å². The molecule has 0 fully saturated rings. The number of carbonyl (C=O) groups excluding carboxylic acids is 1. The van der Waals surface area contributed by atoms with Gasteiger partial charge in [0.1, 0.15) is 4.90 Å². The zero-order valence-corrected chi connectivity index (χ0v) is 14.2. The number of sulfonamides is 1. The minimum atomic E-state index is -3.86. The van der Waals surface area contributed by atoms with Gasteiger partial charge in [-0.3, -0.25) is 0 Å². The lowest BCUT2D eigenvalue weighted by Gasteiger charge is -2.11. The molecular weight excluding hydrogens is 338 g/mol. The summed E-state index contributed by atoms with van der Waals surface area (Å²) in [6, 6.07) is 11.4. The number of nitrogens with one attached hydrogen (secondary N) is 1. The zero-order chi connectivity index (χ0) is 17.0. The van der Waals surface area contributed by atoms with Crippen LogP contribution in [0.25, 0.3) is 0 Å². The fourth-order valence-corrected chi connectivity index (χ4v) is 3.54. The molecule has 0 saturated heterocycles. The van der Waals surface area contributed by atoms with Crippen LogP contribution in [0.5, 0.6) is 0 Å². The molecule has 0 aliphatic rings. The first-order valence-electron chi connectivity index (χ1n) is 6.77. The monoisotopic (exact) mass is 353 g/mol. The summed E-state index contributed by atoms with van der Waals surface area (Å²) in [6.45, 7) is 2.03. The number of ether oxygens (including phenoxy) is 1. The Morgan fingerprint density at radius 2 is 1.91 bits per heavy atom. The van der Waals surface area contributed by atoms with E-state index in [1.54, 1.807) is 0 Å². The predicted molar refractivity (Wildman–Crippen MR) is 88.0 cm³/mol. The molecule has 0 amide bonds. The van der Waals surface area contributed by atoms with Crippen LogP contribution < -0.4 is 4.72 Å². The van der Waals surface area contributed by atoms with E-state index in [0.29, 0.717) is 0 Å². The third-order valence-corrected chi connectivity index (χ3v) is 5.24. The summed E-state index contributed by atoms with van der Waals surface area (Å²) in [4.78, 5) is 11.4. The number of methoxy groups -OCH3 is 1. The van der Waals surface area contributed by atoms with Gasteiger partial charge in [0, 0.05) is 6.54 Å². The maximum absolute atomic E-state index is 12.5. The second-order valence-electron chi connectivity index (χ2n) is 4.89. The fraction of sp³-hybridized carbons (Fsp3) is 0.188. The van der Waals surface area contributed by atoms with Crippen molar-refractivity contribution in [3.8, 4) is 0 Å². The van der Waals surface area contributed by atoms with Crippen molar-refractivity contribution in [2.45, 2.75) is 18.4 Å². The van der Waals surface area contributed by atoms with E-state index in [4.69, 9.17) is 11.6 Å². The highest BCUT2D eigenvalue weighted by atomic mass is 35.5. The first kappa shape index (κ1) is 17.5. The van der Waals surface area contributed by atoms with Gasteiger partial charge in [-0.2, -0.15) is 0 Å². The van der Waals surface area contributed by atoms with Gasteiger partial charge in [-0.15, -0.1) is 0 Å². The van der Waals surface area contributed by atoms with Gasteiger partial charge in [0.15, 0.2) is 0 Å². The minimum absolute atomic E-state index is 0.0370. The van der Waals surface area contributed by atoms with Crippen LogP contribution in [0.15, 0.2) is 47.4 Å². The first-order valence-corrected chi connectivity index (χ1v) is 8.63. The van der Waals surface area contributed by atoms with Crippen molar-refractivity contribution < 1.29 is 17.9 Å². The molecule has 23 heavy (non-hydrogen) atoms. The Morgan fingerprint density at radius 1 is 1.22 bits per heavy atom. The molecule has 0 aromatic heterocycles. The van der Waals surface area contributed by atoms with E-state index >= 15 is 0 Å². The van der Waals surface area contributed by atoms with Crippen LogP contribution in [0.4, 0.5) is 0 Å². The topological polar surface area (TPSA) is 72.5 Å². The standard InChI is InChI=1S/C16H16ClNO4S/c1-11-5-3-4-6-13(11)10-18-23(20,21)15-9-12(16(19)22-2)7-8-14(15)17/h3-9,18H,10H2,1-2H3. The van der Waals surface area contributed by atoms with Crippen LogP contribution in [-0.2, 0) is 21.3 Å². The molecule has 2 aromatic carbocycles. The summed E-state index contributed by atoms with van der Waals surface area (Å²) in [5, 5.41) is 0.0370. The molecule has 0 unspecified atom stereocenters. The molecule has 7 heteroatoms. The van der Waals surface area contributed by atoms with Gasteiger partial charge >= 0.3 is 5.97 Å². The van der Waals surface area contributed by atoms with Crippen LogP contribution in [-0.4, -0.2) is 21.5 Å². The summed E-state index contributed by atoms with van der Waals surface area (Å²) >= 11 is 5.97. The van der Waals surface area contributed by atoms with E-state index in [1.807, 2.05) is 31.2 Å². The molecule has 0 aliphatic carbocycles. The third-order valence-electron chi connectivity index (χ3n) is 3.36. The van der Waals surface area contributed by atoms with E-state index < -0.39 is 16.0 Å². The molecule has 0 spiro atoms. The fourth-order valence-electron chi connectivity index (χ4n) is 2.01. The van der Waals surface area contributed by atoms with Crippen LogP contribution >= 0.6 is 11.6 Å². The Kier molecular flexibility index (Phi) is 5.41. The Bertz CT molecular complexity index is 834. The SMILES string of the molecule is COC(=O)c1ccc(Cl)c(S(=O)(=O)NCc2ccccc2C)c1. The largest absolute Gasteiger partial charge is 0.465 e. The molecule has 0 bridgehead atoms. The summed E-state index contributed by atoms with van der Waals surface area (Å²) in [5.41, 5.74) is 1.95. The molecule has 2 rings (SSSR count). The maximum atomic E-state index is 12.5. The minimum Gasteiger partial charge on any atom is -0.465 e. The molecule has 0 aliphatic heterocycles. The number of rotatable bonds is 5. The highest BCUT2D eigenvalue weighted by molar-refractivity contribution is 7.89. The lowest BCUT2D eigenvalue weighted by Crippen LogP contribution is -2.24. The van der Waals surface area contributed by atoms with Gasteiger partial charge in [-0.05, 0) is 36.2 Å². The molecule has 0 radical (unpaired) electrons. The summed E-state index contributed by atoms with van der Waals surface area (Å²) in [7, 11) is -2.64. The number of carbonyl (C=O) groups is 1. The number of halogens is 1. The Hall–Kier alpha value is -1.89. The van der Waals surface area contributed by atoms with Gasteiger partial charge in [-0.1, -0.05) is 35.9 Å². The number of hydrogen-bond donors (Lipinski definition) is 1. The van der Waals surface area contributed by atoms with E-state index in [0.717, 1.165) is 11.1 Å². The average Bonchev–Trinajstić information content (AvgIpc) is 2.53. The predicted octanol–water partition coefficient (Wildman–Crippen LogP) is 2.91. The molecule has 0 saturated carbocycles. The van der Waals surface area contributed by atoms with Crippen molar-refractivity contribution in [2.24, 2.45) is 0 Å². The summed E-state index contributed by atoms with van der Waals surface area (Å²) in [5.74, 6) is -0.628. The van der Waals surface area contributed by atoms with Crippen molar-refractivity contribution in [1.29, 1.82) is 0 Å². The number of aryl methyl sites for hydroxylation is 1. The molecule has 122 valence electrons. The number of benzene rings is 2. The van der Waals surface area contributed by atoms with Crippen LogP contribution in [0.2, 0.25) is 5.02 Å². The van der Waals surface area contributed by atoms with E-state index in [1.165, 1.54) is 25.3 Å². The second-order valence-corrected chi connectivity index (χ2v) is 7.03. The van der Waals surface area contributed by atoms with Crippen molar-refractivity contribution in [1.82, 2.24) is 4.72 Å². The van der Waals surface area contributed by atoms with Crippen LogP contribution in [0.3, 0.4) is 0 Å². The van der Waals surface area contributed by atoms with E-state index in [9.17, 15) is 13.2 Å². The van der Waals surface area contributed by atoms with Gasteiger partial charge in [0.25, 0.3) is 0 Å². The number of hydrogen-bond acceptors (Lipinski definition) is 4. The summed E-state index contributed by atoms with van der Waals surface area (Å²) < 4.78 is 32.0. The zero-order valence-electron chi connectivity index (χ0n) is 12.7. The Balaban J connectivity index is 2.29. The van der Waals surface area contributed by atoms with Gasteiger partial charge in [0.05, 0.1) is 17.7 Å². The van der Waals surface area contributed by atoms with E-state index in [-0.39, 0.29) is 22.0 Å². The lowest BCUT2D eigenvalue weighted by atomic mass is 10.1. The summed E-state index contributed by atoms with van der Waals surface area (Å²) in [6.07, 6.45) is 0. The maximum Gasteiger partial charge on any atom is 0.337 e. The Labute approximate surface area is 140 Å². The normalized spacial score (nSPS) is 11.3. The molecule has 5 nitrogen and oxygen atoms in total. The molecule has 1 N–H and O–H groups in total. The third kappa shape index (κ3) is 4.10. The van der Waals surface area contributed by atoms with Crippen molar-refractivity contribution in [2.75, 3.05) is 7.11 Å². The molecule has 2 aromatic rings. The van der Waals surface area contributed by atoms with Crippen LogP contribution in [0, 0.1) is 6.92 Å². The smallest absolute Gasteiger partial charge is 0.337 e. The highest BCUT2D eigenvalue weighted by Gasteiger charge is 2.20. The molecule has 0 atom stereocenters. The number of esters is 1. The average molecular weight is 354 g/mol. The second kappa shape index (κ2) is 7.12. The quantitative estimate of drug-likeness (QED) is 0.839. The van der Waals surface area contributed by atoms with E-state index in [2.05, 4.69) is 9.46 Å². The van der Waals surface area contributed by atoms with Gasteiger partial charge < -0.3 is 4.74 Å². The van der Waals surface area contributed by atoms with Gasteiger partial charge in [0.2, 0.25) is 10.0 Å². The van der Waals surface area contributed by atoms with Gasteiger partial charge in [-0.25, -0.2) is 17.9 Å². The van der Waals surface area contributed by atoms with Crippen LogP contribution in [0.1, 0.15) is 21.5 Å². The first-order chi connectivity index (χ1) is 10.8. The molecular formula is C16H16ClNO4S. The Morgan fingerprint density at radius 3 is 2.57 bits per heavy atom. The highest BCUT2D eigenvalue weighted by Crippen LogP contribution is 2.23. The lowest BCUT2D eigenvalue weighted by molar-refractivity contribution is 0.0600. The molecule has 0 heterocycles.